The number of fused-ring (bicyclic) bond motifs is 1. The van der Waals surface area contributed by atoms with Gasteiger partial charge in [-0.2, -0.15) is 0 Å². The van der Waals surface area contributed by atoms with Gasteiger partial charge in [0, 0.05) is 0 Å². The summed E-state index contributed by atoms with van der Waals surface area (Å²) in [7, 11) is 1.22. The summed E-state index contributed by atoms with van der Waals surface area (Å²) in [6.45, 7) is 8.64. The molecule has 0 aliphatic carbocycles. The van der Waals surface area contributed by atoms with Crippen LogP contribution in [0.25, 0.3) is 0 Å². The Labute approximate surface area is 182 Å². The minimum Gasteiger partial charge on any atom is -0.467 e. The molecule has 2 aliphatic rings. The first kappa shape index (κ1) is 25.5. The summed E-state index contributed by atoms with van der Waals surface area (Å²) in [6.07, 6.45) is -1.47. The summed E-state index contributed by atoms with van der Waals surface area (Å²) in [5.41, 5.74) is -0.128. The van der Waals surface area contributed by atoms with E-state index in [2.05, 4.69) is 5.32 Å². The number of amides is 1. The van der Waals surface area contributed by atoms with Crippen LogP contribution in [0.3, 0.4) is 0 Å². The van der Waals surface area contributed by atoms with Gasteiger partial charge in [-0.3, -0.25) is 0 Å². The van der Waals surface area contributed by atoms with Crippen LogP contribution in [0.4, 0.5) is 4.79 Å². The number of methoxy groups -OCH3 is 1. The summed E-state index contributed by atoms with van der Waals surface area (Å²) in [4.78, 5) is 24.4. The summed E-state index contributed by atoms with van der Waals surface area (Å²) >= 11 is 0. The number of hydrogen-bond acceptors (Lipinski definition) is 9. The molecular weight excluding hydrogens is 410 g/mol. The number of nitrogens with one attached hydrogen (secondary N) is 1. The van der Waals surface area contributed by atoms with E-state index in [1.807, 2.05) is 0 Å². The molecule has 31 heavy (non-hydrogen) atoms. The molecule has 0 aromatic carbocycles. The van der Waals surface area contributed by atoms with E-state index >= 15 is 0 Å². The number of alkyl carbamates (subject to hydrolysis) is 1. The van der Waals surface area contributed by atoms with Gasteiger partial charge in [-0.05, 0) is 47.5 Å². The minimum absolute atomic E-state index is 0.0516. The number of rotatable bonds is 7. The van der Waals surface area contributed by atoms with Crippen LogP contribution >= 0.6 is 0 Å². The topological polar surface area (TPSA) is 133 Å². The van der Waals surface area contributed by atoms with Crippen molar-refractivity contribution in [3.8, 4) is 0 Å². The maximum absolute atomic E-state index is 12.2. The zero-order valence-electron chi connectivity index (χ0n) is 19.0. The van der Waals surface area contributed by atoms with Gasteiger partial charge in [-0.25, -0.2) is 9.59 Å². The quantitative estimate of drug-likeness (QED) is 0.388. The predicted octanol–water partition coefficient (Wildman–Crippen LogP) is 1.03. The Bertz CT molecular complexity index is 670. The van der Waals surface area contributed by atoms with E-state index in [4.69, 9.17) is 23.7 Å². The molecule has 3 N–H and O–H groups in total. The fourth-order valence-electron chi connectivity index (χ4n) is 3.67. The van der Waals surface area contributed by atoms with Gasteiger partial charge in [0.15, 0.2) is 5.79 Å². The Morgan fingerprint density at radius 3 is 2.55 bits per heavy atom. The molecular formula is C21H35NO9. The summed E-state index contributed by atoms with van der Waals surface area (Å²) < 4.78 is 27.3. The molecule has 5 atom stereocenters. The Kier molecular flexibility index (Phi) is 8.46. The molecule has 0 bridgehead atoms. The smallest absolute Gasteiger partial charge is 0.408 e. The molecule has 0 spiro atoms. The number of esters is 1. The lowest BCUT2D eigenvalue weighted by molar-refractivity contribution is -0.160. The Hall–Kier alpha value is -1.72. The highest BCUT2D eigenvalue weighted by Crippen LogP contribution is 2.36. The van der Waals surface area contributed by atoms with Crippen molar-refractivity contribution in [2.75, 3.05) is 20.3 Å². The molecule has 0 saturated carbocycles. The van der Waals surface area contributed by atoms with Crippen molar-refractivity contribution in [3.05, 3.63) is 11.6 Å². The van der Waals surface area contributed by atoms with Crippen LogP contribution in [0.1, 0.15) is 47.5 Å². The number of aliphatic hydroxyl groups is 2. The van der Waals surface area contributed by atoms with Gasteiger partial charge in [-0.15, -0.1) is 0 Å². The largest absolute Gasteiger partial charge is 0.467 e. The second-order valence-electron chi connectivity index (χ2n) is 9.18. The Balaban J connectivity index is 2.07. The summed E-state index contributed by atoms with van der Waals surface area (Å²) in [5, 5.41) is 22.7. The van der Waals surface area contributed by atoms with Gasteiger partial charge in [0.2, 0.25) is 0 Å². The Morgan fingerprint density at radius 2 is 1.97 bits per heavy atom. The Morgan fingerprint density at radius 1 is 1.29 bits per heavy atom. The highest BCUT2D eigenvalue weighted by molar-refractivity contribution is 5.81. The molecule has 2 rings (SSSR count). The van der Waals surface area contributed by atoms with Crippen molar-refractivity contribution in [2.45, 2.75) is 89.3 Å². The number of carbonyl (C=O) groups excluding carboxylic acids is 2. The number of hydrogen-bond donors (Lipinski definition) is 3. The standard InChI is InChI=1S/C21H35NO9/c1-20(2,3)31-19(26)22-13(18(25)27-6)9-12(7-8-23)10-14-16(24)17-15(11-28-14)29-21(4,5)30-17/h7,13-17,23-24H,8-11H2,1-6H3,(H,22,26)/b12-7+/t13-,14+,15+,16-,17+/m0/s1. The molecule has 178 valence electrons. The van der Waals surface area contributed by atoms with E-state index < -0.39 is 47.8 Å². The SMILES string of the molecule is COC(=O)[C@H](C/C(=C\CO)C[C@H]1OC[C@H]2OC(C)(C)O[C@H]2[C@H]1O)NC(=O)OC(C)(C)C. The lowest BCUT2D eigenvalue weighted by Crippen LogP contribution is -2.51. The van der Waals surface area contributed by atoms with Crippen molar-refractivity contribution in [1.29, 1.82) is 0 Å². The van der Waals surface area contributed by atoms with Crippen LogP contribution in [0.15, 0.2) is 11.6 Å². The highest BCUT2D eigenvalue weighted by Gasteiger charge is 2.50. The number of aliphatic hydroxyl groups excluding tert-OH is 2. The van der Waals surface area contributed by atoms with Crippen LogP contribution in [0, 0.1) is 0 Å². The van der Waals surface area contributed by atoms with E-state index in [9.17, 15) is 19.8 Å². The van der Waals surface area contributed by atoms with Crippen molar-refractivity contribution in [2.24, 2.45) is 0 Å². The van der Waals surface area contributed by atoms with Crippen LogP contribution in [-0.4, -0.2) is 84.4 Å². The highest BCUT2D eigenvalue weighted by atomic mass is 16.8. The van der Waals surface area contributed by atoms with Crippen molar-refractivity contribution < 1.29 is 43.5 Å². The maximum atomic E-state index is 12.2. The van der Waals surface area contributed by atoms with E-state index in [0.717, 1.165) is 0 Å². The van der Waals surface area contributed by atoms with E-state index in [-0.39, 0.29) is 32.2 Å². The molecule has 0 aromatic rings. The lowest BCUT2D eigenvalue weighted by Gasteiger charge is -2.35. The van der Waals surface area contributed by atoms with E-state index in [1.165, 1.54) is 13.2 Å². The molecule has 2 aliphatic heterocycles. The second-order valence-corrected chi connectivity index (χ2v) is 9.18. The number of ether oxygens (including phenoxy) is 5. The minimum atomic E-state index is -1.03. The third-order valence-corrected chi connectivity index (χ3v) is 4.90. The van der Waals surface area contributed by atoms with Crippen molar-refractivity contribution in [1.82, 2.24) is 5.32 Å². The fourth-order valence-corrected chi connectivity index (χ4v) is 3.67. The average Bonchev–Trinajstić information content (AvgIpc) is 2.96. The van der Waals surface area contributed by atoms with Crippen molar-refractivity contribution in [3.63, 3.8) is 0 Å². The van der Waals surface area contributed by atoms with Gasteiger partial charge in [0.25, 0.3) is 0 Å². The second kappa shape index (κ2) is 10.3. The number of carbonyl (C=O) groups is 2. The first-order valence-electron chi connectivity index (χ1n) is 10.4. The van der Waals surface area contributed by atoms with Crippen LogP contribution in [0.5, 0.6) is 0 Å². The average molecular weight is 446 g/mol. The van der Waals surface area contributed by atoms with Crippen molar-refractivity contribution >= 4 is 12.1 Å². The van der Waals surface area contributed by atoms with Gasteiger partial charge in [-0.1, -0.05) is 11.6 Å². The maximum Gasteiger partial charge on any atom is 0.408 e. The van der Waals surface area contributed by atoms with Gasteiger partial charge in [0.05, 0.1) is 26.4 Å². The zero-order chi connectivity index (χ0) is 23.4. The molecule has 2 saturated heterocycles. The molecule has 1 amide bonds. The van der Waals surface area contributed by atoms with E-state index in [1.54, 1.807) is 34.6 Å². The lowest BCUT2D eigenvalue weighted by atomic mass is 9.92. The summed E-state index contributed by atoms with van der Waals surface area (Å²) in [5.74, 6) is -1.47. The first-order chi connectivity index (χ1) is 14.3. The van der Waals surface area contributed by atoms with Crippen LogP contribution in [-0.2, 0) is 28.5 Å². The molecule has 10 nitrogen and oxygen atoms in total. The monoisotopic (exact) mass is 445 g/mol. The van der Waals surface area contributed by atoms with Gasteiger partial charge < -0.3 is 39.2 Å². The molecule has 2 heterocycles. The predicted molar refractivity (Wildman–Crippen MR) is 109 cm³/mol. The van der Waals surface area contributed by atoms with Crippen LogP contribution < -0.4 is 5.32 Å². The first-order valence-corrected chi connectivity index (χ1v) is 10.4. The molecule has 0 unspecified atom stereocenters. The molecule has 0 radical (unpaired) electrons. The molecule has 10 heteroatoms. The third kappa shape index (κ3) is 7.43. The third-order valence-electron chi connectivity index (χ3n) is 4.90. The normalized spacial score (nSPS) is 29.1. The van der Waals surface area contributed by atoms with Gasteiger partial charge in [0.1, 0.15) is 30.0 Å². The molecule has 0 aromatic heterocycles. The molecule has 2 fully saturated rings. The van der Waals surface area contributed by atoms with Crippen LogP contribution in [0.2, 0.25) is 0 Å². The van der Waals surface area contributed by atoms with E-state index in [0.29, 0.717) is 5.57 Å². The fraction of sp³-hybridized carbons (Fsp3) is 0.810. The zero-order valence-corrected chi connectivity index (χ0v) is 19.0. The summed E-state index contributed by atoms with van der Waals surface area (Å²) in [6, 6.07) is -1.03. The van der Waals surface area contributed by atoms with Gasteiger partial charge >= 0.3 is 12.1 Å².